The van der Waals surface area contributed by atoms with Crippen LogP contribution in [0.2, 0.25) is 0 Å². The van der Waals surface area contributed by atoms with E-state index in [2.05, 4.69) is 0 Å². The zero-order valence-electron chi connectivity index (χ0n) is 15.1. The molecule has 0 unspecified atom stereocenters. The molecule has 2 nitrogen and oxygen atoms in total. The molecule has 5 heteroatoms. The normalized spacial score (nSPS) is 10.7. The van der Waals surface area contributed by atoms with E-state index in [1.165, 1.54) is 19.2 Å². The summed E-state index contributed by atoms with van der Waals surface area (Å²) < 4.78 is 52.6. The zero-order chi connectivity index (χ0) is 19.4. The highest BCUT2D eigenvalue weighted by Gasteiger charge is 2.13. The number of rotatable bonds is 6. The summed E-state index contributed by atoms with van der Waals surface area (Å²) in [6.07, 6.45) is 0.424. The smallest absolute Gasteiger partial charge is 0.165 e. The highest BCUT2D eigenvalue weighted by atomic mass is 19.2. The maximum atomic E-state index is 14.1. The summed E-state index contributed by atoms with van der Waals surface area (Å²) in [5.74, 6) is -1.18. The fourth-order valence-corrected chi connectivity index (χ4v) is 2.76. The average Bonchev–Trinajstić information content (AvgIpc) is 2.69. The molecule has 0 amide bonds. The molecule has 3 rings (SSSR count). The highest BCUT2D eigenvalue weighted by molar-refractivity contribution is 5.65. The monoisotopic (exact) mass is 372 g/mol. The molecule has 0 fully saturated rings. The number of hydrogen-bond acceptors (Lipinski definition) is 2. The van der Waals surface area contributed by atoms with Crippen molar-refractivity contribution in [2.75, 3.05) is 7.11 Å². The van der Waals surface area contributed by atoms with Crippen molar-refractivity contribution in [1.82, 2.24) is 0 Å². The first kappa shape index (κ1) is 18.8. The first-order valence-corrected chi connectivity index (χ1v) is 8.56. The lowest BCUT2D eigenvalue weighted by atomic mass is 10.0. The second-order valence-corrected chi connectivity index (χ2v) is 6.02. The Morgan fingerprint density at radius 3 is 2.04 bits per heavy atom. The van der Waals surface area contributed by atoms with Crippen LogP contribution in [-0.4, -0.2) is 7.11 Å². The van der Waals surface area contributed by atoms with Crippen molar-refractivity contribution in [3.8, 4) is 22.6 Å². The molecule has 0 atom stereocenters. The van der Waals surface area contributed by atoms with Crippen molar-refractivity contribution in [1.29, 1.82) is 0 Å². The number of hydrogen-bond donors (Lipinski definition) is 0. The molecule has 0 aromatic heterocycles. The molecule has 0 spiro atoms. The number of aryl methyl sites for hydroxylation is 1. The Morgan fingerprint density at radius 2 is 1.41 bits per heavy atom. The number of methoxy groups -OCH3 is 1. The average molecular weight is 372 g/mol. The fraction of sp³-hybridized carbons (Fsp3) is 0.182. The van der Waals surface area contributed by atoms with Crippen molar-refractivity contribution in [2.45, 2.75) is 20.0 Å². The van der Waals surface area contributed by atoms with Crippen molar-refractivity contribution in [3.05, 3.63) is 83.2 Å². The van der Waals surface area contributed by atoms with Crippen LogP contribution < -0.4 is 9.47 Å². The second-order valence-electron chi connectivity index (χ2n) is 6.02. The van der Waals surface area contributed by atoms with E-state index in [0.717, 1.165) is 0 Å². The van der Waals surface area contributed by atoms with E-state index in [4.69, 9.17) is 9.47 Å². The third kappa shape index (κ3) is 4.08. The van der Waals surface area contributed by atoms with Gasteiger partial charge in [0.25, 0.3) is 0 Å². The van der Waals surface area contributed by atoms with Gasteiger partial charge >= 0.3 is 0 Å². The fourth-order valence-electron chi connectivity index (χ4n) is 2.76. The Morgan fingerprint density at radius 1 is 0.778 bits per heavy atom. The van der Waals surface area contributed by atoms with Gasteiger partial charge in [-0.25, -0.2) is 13.2 Å². The van der Waals surface area contributed by atoms with Gasteiger partial charge in [0.15, 0.2) is 11.6 Å². The summed E-state index contributed by atoms with van der Waals surface area (Å²) in [6.45, 7) is 1.67. The van der Waals surface area contributed by atoms with Crippen LogP contribution in [0.4, 0.5) is 13.2 Å². The van der Waals surface area contributed by atoms with Crippen LogP contribution in [0, 0.1) is 17.5 Å². The van der Waals surface area contributed by atoms with Crippen molar-refractivity contribution >= 4 is 0 Å². The van der Waals surface area contributed by atoms with Gasteiger partial charge in [-0.05, 0) is 41.8 Å². The molecule has 0 saturated carbocycles. The lowest BCUT2D eigenvalue weighted by Gasteiger charge is -2.10. The lowest BCUT2D eigenvalue weighted by Crippen LogP contribution is -2.03. The molecule has 0 aliphatic rings. The molecule has 3 aromatic carbocycles. The quantitative estimate of drug-likeness (QED) is 0.535. The number of halogens is 3. The summed E-state index contributed by atoms with van der Waals surface area (Å²) in [7, 11) is 1.48. The molecular weight excluding hydrogens is 353 g/mol. The molecule has 0 heterocycles. The Bertz CT molecular complexity index is 937. The van der Waals surface area contributed by atoms with Gasteiger partial charge in [0.1, 0.15) is 23.9 Å². The van der Waals surface area contributed by atoms with Gasteiger partial charge in [0.2, 0.25) is 0 Å². The minimum absolute atomic E-state index is 0.0943. The van der Waals surface area contributed by atoms with E-state index >= 15 is 0 Å². The van der Waals surface area contributed by atoms with Crippen LogP contribution in [0.25, 0.3) is 11.1 Å². The summed E-state index contributed by atoms with van der Waals surface area (Å²) >= 11 is 0. The van der Waals surface area contributed by atoms with Crippen LogP contribution >= 0.6 is 0 Å². The number of ether oxygens (including phenoxy) is 2. The standard InChI is InChI=1S/C22H19F3O2/c1-3-14-4-5-16(22(25)21(14)24)13-27-17-8-6-15(7-9-17)19-11-10-18(26-2)12-20(19)23/h4-12H,3,13H2,1-2H3. The Kier molecular flexibility index (Phi) is 5.69. The lowest BCUT2D eigenvalue weighted by molar-refractivity contribution is 0.297. The molecular formula is C22H19F3O2. The van der Waals surface area contributed by atoms with Crippen LogP contribution in [0.5, 0.6) is 11.5 Å². The van der Waals surface area contributed by atoms with E-state index < -0.39 is 17.5 Å². The largest absolute Gasteiger partial charge is 0.497 e. The molecule has 0 aliphatic carbocycles. The van der Waals surface area contributed by atoms with Gasteiger partial charge in [-0.2, -0.15) is 0 Å². The van der Waals surface area contributed by atoms with Crippen molar-refractivity contribution in [3.63, 3.8) is 0 Å². The van der Waals surface area contributed by atoms with Crippen LogP contribution in [0.1, 0.15) is 18.1 Å². The SMILES string of the molecule is CCc1ccc(COc2ccc(-c3ccc(OC)cc3F)cc2)c(F)c1F. The predicted molar refractivity (Wildman–Crippen MR) is 98.5 cm³/mol. The summed E-state index contributed by atoms with van der Waals surface area (Å²) in [5, 5.41) is 0. The summed E-state index contributed by atoms with van der Waals surface area (Å²) in [5.41, 5.74) is 1.59. The summed E-state index contributed by atoms with van der Waals surface area (Å²) in [4.78, 5) is 0. The third-order valence-electron chi connectivity index (χ3n) is 4.36. The zero-order valence-corrected chi connectivity index (χ0v) is 15.1. The van der Waals surface area contributed by atoms with Gasteiger partial charge in [0, 0.05) is 17.2 Å². The second kappa shape index (κ2) is 8.16. The molecule has 27 heavy (non-hydrogen) atoms. The highest BCUT2D eigenvalue weighted by Crippen LogP contribution is 2.28. The van der Waals surface area contributed by atoms with E-state index in [9.17, 15) is 13.2 Å². The van der Waals surface area contributed by atoms with Gasteiger partial charge in [-0.15, -0.1) is 0 Å². The topological polar surface area (TPSA) is 18.5 Å². The molecule has 140 valence electrons. The Balaban J connectivity index is 1.72. The molecule has 0 N–H and O–H groups in total. The molecule has 0 aliphatic heterocycles. The molecule has 3 aromatic rings. The van der Waals surface area contributed by atoms with Crippen LogP contribution in [0.3, 0.4) is 0 Å². The van der Waals surface area contributed by atoms with E-state index in [1.54, 1.807) is 49.4 Å². The van der Waals surface area contributed by atoms with E-state index in [0.29, 0.717) is 34.6 Å². The first-order valence-electron chi connectivity index (χ1n) is 8.56. The van der Waals surface area contributed by atoms with Gasteiger partial charge in [0.05, 0.1) is 7.11 Å². The first-order chi connectivity index (χ1) is 13.0. The molecule has 0 radical (unpaired) electrons. The van der Waals surface area contributed by atoms with Crippen LogP contribution in [-0.2, 0) is 13.0 Å². The Labute approximate surface area is 156 Å². The maximum Gasteiger partial charge on any atom is 0.165 e. The third-order valence-corrected chi connectivity index (χ3v) is 4.36. The van der Waals surface area contributed by atoms with Crippen molar-refractivity contribution in [2.24, 2.45) is 0 Å². The van der Waals surface area contributed by atoms with E-state index in [1.807, 2.05) is 0 Å². The predicted octanol–water partition coefficient (Wildman–Crippen LogP) is 5.92. The van der Waals surface area contributed by atoms with Crippen LogP contribution in [0.15, 0.2) is 54.6 Å². The van der Waals surface area contributed by atoms with Crippen molar-refractivity contribution < 1.29 is 22.6 Å². The van der Waals surface area contributed by atoms with E-state index in [-0.39, 0.29) is 12.2 Å². The molecule has 0 saturated heterocycles. The Hall–Kier alpha value is -2.95. The number of benzene rings is 3. The van der Waals surface area contributed by atoms with Gasteiger partial charge in [-0.3, -0.25) is 0 Å². The molecule has 0 bridgehead atoms. The minimum Gasteiger partial charge on any atom is -0.497 e. The van der Waals surface area contributed by atoms with Gasteiger partial charge < -0.3 is 9.47 Å². The summed E-state index contributed by atoms with van der Waals surface area (Å²) in [6, 6.07) is 14.5. The van der Waals surface area contributed by atoms with Gasteiger partial charge in [-0.1, -0.05) is 31.2 Å². The minimum atomic E-state index is -0.883. The maximum absolute atomic E-state index is 14.1.